The third-order valence-corrected chi connectivity index (χ3v) is 13.2. The van der Waals surface area contributed by atoms with E-state index >= 15 is 0 Å². The maximum absolute atomic E-state index is 2.72. The van der Waals surface area contributed by atoms with E-state index in [1.807, 2.05) is 0 Å². The van der Waals surface area contributed by atoms with Crippen LogP contribution in [0.25, 0.3) is 28.3 Å². The van der Waals surface area contributed by atoms with Gasteiger partial charge >= 0.3 is 0 Å². The molecule has 0 aliphatic heterocycles. The van der Waals surface area contributed by atoms with Crippen molar-refractivity contribution in [3.63, 3.8) is 0 Å². The fraction of sp³-hybridized carbons (Fsp3) is 0.400. The van der Waals surface area contributed by atoms with E-state index in [-0.39, 0.29) is 10.8 Å². The van der Waals surface area contributed by atoms with E-state index in [9.17, 15) is 0 Å². The second-order valence-electron chi connectivity index (χ2n) is 18.7. The molecule has 10 rings (SSSR count). The Labute approximate surface area is 300 Å². The molecular formula is C50H54. The molecule has 0 aromatic heterocycles. The molecule has 4 fully saturated rings. The third kappa shape index (κ3) is 5.23. The summed E-state index contributed by atoms with van der Waals surface area (Å²) >= 11 is 0. The summed E-state index contributed by atoms with van der Waals surface area (Å²) in [6, 6.07) is 32.1. The first-order valence-corrected chi connectivity index (χ1v) is 19.6. The molecule has 0 heterocycles. The number of benzene rings is 4. The molecule has 1 unspecified atom stereocenters. The molecule has 50 heavy (non-hydrogen) atoms. The van der Waals surface area contributed by atoms with Crippen molar-refractivity contribution in [2.75, 3.05) is 0 Å². The molecule has 0 radical (unpaired) electrons. The van der Waals surface area contributed by atoms with Crippen molar-refractivity contribution in [3.8, 4) is 11.1 Å². The molecule has 4 bridgehead atoms. The molecule has 6 aliphatic rings. The highest BCUT2D eigenvalue weighted by molar-refractivity contribution is 5.92. The number of fused-ring (bicyclic) bond motifs is 3. The molecular weight excluding hydrogens is 601 g/mol. The van der Waals surface area contributed by atoms with Crippen molar-refractivity contribution < 1.29 is 0 Å². The van der Waals surface area contributed by atoms with Crippen LogP contribution in [-0.2, 0) is 10.8 Å². The van der Waals surface area contributed by atoms with Crippen LogP contribution in [0.4, 0.5) is 0 Å². The van der Waals surface area contributed by atoms with Gasteiger partial charge in [0.2, 0.25) is 0 Å². The maximum Gasteiger partial charge on any atom is 0.000186 e. The fourth-order valence-electron chi connectivity index (χ4n) is 11.3. The highest BCUT2D eigenvalue weighted by Crippen LogP contribution is 2.59. The smallest absolute Gasteiger partial charge is 0.000186 e. The molecule has 0 spiro atoms. The third-order valence-electron chi connectivity index (χ3n) is 13.2. The lowest BCUT2D eigenvalue weighted by Gasteiger charge is -2.54. The molecule has 4 aromatic rings. The molecule has 0 saturated heterocycles. The largest absolute Gasteiger partial charge is 0.0737 e. The van der Waals surface area contributed by atoms with Gasteiger partial charge in [-0.05, 0) is 156 Å². The highest BCUT2D eigenvalue weighted by Gasteiger charge is 2.49. The summed E-state index contributed by atoms with van der Waals surface area (Å²) in [7, 11) is 0. The zero-order valence-electron chi connectivity index (χ0n) is 31.3. The van der Waals surface area contributed by atoms with Crippen LogP contribution >= 0.6 is 0 Å². The number of allylic oxidation sites excluding steroid dienone is 4. The zero-order chi connectivity index (χ0) is 34.5. The normalized spacial score (nSPS) is 26.3. The van der Waals surface area contributed by atoms with E-state index < -0.39 is 0 Å². The van der Waals surface area contributed by atoms with Gasteiger partial charge in [-0.1, -0.05) is 139 Å². The molecule has 4 aromatic carbocycles. The molecule has 0 nitrogen and oxygen atoms in total. The second-order valence-corrected chi connectivity index (χ2v) is 18.7. The SMILES string of the molecule is CC1C=C(C2C3CC4CC(C3)CC2C4)C=C1c1c(C(C)(C)C)c(=C(c2ccccc2)c2ccccc2)cc2c1=Cc1cc(C(C)(C)C)ccc1-2. The standard InChI is InChI=1S/C50H54/c1-30-20-36(45-37-22-31-21-32(24-37)25-38(45)23-31)28-41(30)47-43-27-35-26-39(49(2,3)4)18-19-40(35)42(43)29-44(48(47)50(5,6)7)46(33-14-10-8-11-15-33)34-16-12-9-13-17-34/h8-20,26-32,37-38,45H,21-25H2,1-7H3. The lowest BCUT2D eigenvalue weighted by molar-refractivity contribution is -0.0194. The van der Waals surface area contributed by atoms with Crippen LogP contribution in [0.3, 0.4) is 0 Å². The van der Waals surface area contributed by atoms with E-state index in [2.05, 4.69) is 152 Å². The number of hydrogen-bond donors (Lipinski definition) is 0. The Hall–Kier alpha value is -3.90. The topological polar surface area (TPSA) is 0 Å². The van der Waals surface area contributed by atoms with Crippen molar-refractivity contribution in [2.24, 2.45) is 35.5 Å². The minimum atomic E-state index is -0.0837. The Kier molecular flexibility index (Phi) is 7.41. The average molecular weight is 655 g/mol. The van der Waals surface area contributed by atoms with Crippen molar-refractivity contribution in [2.45, 2.75) is 91.4 Å². The average Bonchev–Trinajstić information content (AvgIpc) is 3.63. The van der Waals surface area contributed by atoms with E-state index in [0.717, 1.165) is 29.6 Å². The van der Waals surface area contributed by atoms with Crippen LogP contribution in [0.15, 0.2) is 103 Å². The lowest BCUT2D eigenvalue weighted by atomic mass is 9.50. The van der Waals surface area contributed by atoms with Crippen LogP contribution in [0, 0.1) is 35.5 Å². The monoisotopic (exact) mass is 654 g/mol. The predicted molar refractivity (Wildman–Crippen MR) is 212 cm³/mol. The van der Waals surface area contributed by atoms with Crippen LogP contribution in [-0.4, -0.2) is 0 Å². The summed E-state index contributed by atoms with van der Waals surface area (Å²) in [6.07, 6.45) is 15.4. The fourth-order valence-corrected chi connectivity index (χ4v) is 11.3. The van der Waals surface area contributed by atoms with Gasteiger partial charge in [0, 0.05) is 5.92 Å². The van der Waals surface area contributed by atoms with Gasteiger partial charge in [0.25, 0.3) is 0 Å². The van der Waals surface area contributed by atoms with Gasteiger partial charge in [0.15, 0.2) is 0 Å². The Bertz CT molecular complexity index is 2100. The van der Waals surface area contributed by atoms with Gasteiger partial charge in [0.05, 0.1) is 0 Å². The summed E-state index contributed by atoms with van der Waals surface area (Å²) in [4.78, 5) is 0. The number of hydrogen-bond acceptors (Lipinski definition) is 0. The van der Waals surface area contributed by atoms with Crippen LogP contribution in [0.2, 0.25) is 0 Å². The van der Waals surface area contributed by atoms with Gasteiger partial charge in [-0.15, -0.1) is 0 Å². The van der Waals surface area contributed by atoms with Gasteiger partial charge in [0.1, 0.15) is 0 Å². The molecule has 0 amide bonds. The molecule has 0 N–H and O–H groups in total. The van der Waals surface area contributed by atoms with Crippen molar-refractivity contribution in [3.05, 3.63) is 146 Å². The molecule has 6 aliphatic carbocycles. The van der Waals surface area contributed by atoms with Crippen molar-refractivity contribution >= 4 is 17.2 Å². The molecule has 254 valence electrons. The van der Waals surface area contributed by atoms with Crippen LogP contribution < -0.4 is 10.4 Å². The number of rotatable bonds is 4. The van der Waals surface area contributed by atoms with Gasteiger partial charge in [-0.3, -0.25) is 0 Å². The summed E-state index contributed by atoms with van der Waals surface area (Å²) in [5.41, 5.74) is 15.6. The first-order chi connectivity index (χ1) is 23.9. The predicted octanol–water partition coefficient (Wildman–Crippen LogP) is 11.4. The summed E-state index contributed by atoms with van der Waals surface area (Å²) in [6.45, 7) is 16.8. The summed E-state index contributed by atoms with van der Waals surface area (Å²) in [5.74, 6) is 4.93. The Morgan fingerprint density at radius 1 is 0.620 bits per heavy atom. The summed E-state index contributed by atoms with van der Waals surface area (Å²) < 4.78 is 0. The van der Waals surface area contributed by atoms with Gasteiger partial charge < -0.3 is 0 Å². The second kappa shape index (κ2) is 11.6. The maximum atomic E-state index is 2.72. The van der Waals surface area contributed by atoms with E-state index in [0.29, 0.717) is 5.92 Å². The zero-order valence-corrected chi connectivity index (χ0v) is 31.3. The van der Waals surface area contributed by atoms with E-state index in [1.54, 1.807) is 5.57 Å². The quantitative estimate of drug-likeness (QED) is 0.181. The van der Waals surface area contributed by atoms with E-state index in [4.69, 9.17) is 0 Å². The minimum Gasteiger partial charge on any atom is -0.0737 e. The van der Waals surface area contributed by atoms with Gasteiger partial charge in [-0.2, -0.15) is 0 Å². The van der Waals surface area contributed by atoms with E-state index in [1.165, 1.54) is 98.2 Å². The first kappa shape index (κ1) is 32.0. The minimum absolute atomic E-state index is 0.0837. The van der Waals surface area contributed by atoms with Gasteiger partial charge in [-0.25, -0.2) is 0 Å². The summed E-state index contributed by atoms with van der Waals surface area (Å²) in [5, 5.41) is 2.80. The Morgan fingerprint density at radius 2 is 1.22 bits per heavy atom. The molecule has 1 atom stereocenters. The molecule has 0 heteroatoms. The molecule has 4 saturated carbocycles. The van der Waals surface area contributed by atoms with Crippen molar-refractivity contribution in [1.82, 2.24) is 0 Å². The highest BCUT2D eigenvalue weighted by atomic mass is 14.5. The van der Waals surface area contributed by atoms with Crippen LogP contribution in [0.5, 0.6) is 0 Å². The Balaban J connectivity index is 1.36. The Morgan fingerprint density at radius 3 is 1.78 bits per heavy atom. The first-order valence-electron chi connectivity index (χ1n) is 19.6. The van der Waals surface area contributed by atoms with Crippen molar-refractivity contribution in [1.29, 1.82) is 0 Å². The van der Waals surface area contributed by atoms with Crippen LogP contribution in [0.1, 0.15) is 114 Å². The lowest BCUT2D eigenvalue weighted by Crippen LogP contribution is -2.45.